The number of benzene rings is 1. The molecule has 4 nitrogen and oxygen atoms in total. The number of carboxylic acid groups (broad SMARTS) is 1. The van der Waals surface area contributed by atoms with Crippen molar-refractivity contribution in [3.63, 3.8) is 0 Å². The van der Waals surface area contributed by atoms with Crippen molar-refractivity contribution in [1.82, 2.24) is 9.55 Å². The van der Waals surface area contributed by atoms with Gasteiger partial charge in [-0.3, -0.25) is 4.79 Å². The van der Waals surface area contributed by atoms with E-state index in [1.54, 1.807) is 0 Å². The highest BCUT2D eigenvalue weighted by atomic mass is 16.4. The van der Waals surface area contributed by atoms with Gasteiger partial charge in [0.1, 0.15) is 12.4 Å². The van der Waals surface area contributed by atoms with Crippen LogP contribution >= 0.6 is 0 Å². The topological polar surface area (TPSA) is 55.1 Å². The summed E-state index contributed by atoms with van der Waals surface area (Å²) < 4.78 is 1.82. The monoisotopic (exact) mass is 260 g/mol. The van der Waals surface area contributed by atoms with Gasteiger partial charge < -0.3 is 9.67 Å². The van der Waals surface area contributed by atoms with Crippen LogP contribution in [0, 0.1) is 0 Å². The summed E-state index contributed by atoms with van der Waals surface area (Å²) in [6, 6.07) is 7.72. The quantitative estimate of drug-likeness (QED) is 0.777. The van der Waals surface area contributed by atoms with Gasteiger partial charge in [-0.15, -0.1) is 0 Å². The fourth-order valence-corrected chi connectivity index (χ4v) is 2.34. The first-order valence-electron chi connectivity index (χ1n) is 6.88. The van der Waals surface area contributed by atoms with Crippen LogP contribution in [0.1, 0.15) is 38.4 Å². The number of carboxylic acids is 1. The molecule has 0 radical (unpaired) electrons. The van der Waals surface area contributed by atoms with Crippen LogP contribution < -0.4 is 0 Å². The zero-order valence-electron chi connectivity index (χ0n) is 11.3. The Kier molecular flexibility index (Phi) is 4.55. The molecule has 102 valence electrons. The van der Waals surface area contributed by atoms with Crippen LogP contribution in [0.25, 0.3) is 11.0 Å². The maximum atomic E-state index is 11.0. The van der Waals surface area contributed by atoms with Crippen molar-refractivity contribution >= 4 is 17.0 Å². The largest absolute Gasteiger partial charge is 0.480 e. The van der Waals surface area contributed by atoms with Crippen molar-refractivity contribution in [2.45, 2.75) is 45.6 Å². The van der Waals surface area contributed by atoms with Crippen molar-refractivity contribution in [2.24, 2.45) is 0 Å². The molecular weight excluding hydrogens is 240 g/mol. The smallest absolute Gasteiger partial charge is 0.323 e. The number of aromatic nitrogens is 2. The lowest BCUT2D eigenvalue weighted by atomic mass is 10.1. The standard InChI is InChI=1S/C15H20N2O2/c1-2-3-4-5-10-14-16-12-8-6-7-9-13(12)17(14)11-15(18)19/h6-9H,2-5,10-11H2,1H3,(H,18,19). The number of nitrogens with zero attached hydrogens (tertiary/aromatic N) is 2. The number of fused-ring (bicyclic) bond motifs is 1. The number of rotatable bonds is 7. The fraction of sp³-hybridized carbons (Fsp3) is 0.467. The van der Waals surface area contributed by atoms with Crippen LogP contribution in [0.3, 0.4) is 0 Å². The molecular formula is C15H20N2O2. The van der Waals surface area contributed by atoms with Crippen molar-refractivity contribution in [3.8, 4) is 0 Å². The van der Waals surface area contributed by atoms with Gasteiger partial charge in [-0.1, -0.05) is 38.3 Å². The number of unbranched alkanes of at least 4 members (excludes halogenated alkanes) is 3. The Hall–Kier alpha value is -1.84. The molecule has 0 saturated carbocycles. The molecule has 1 aromatic heterocycles. The molecule has 0 bridgehead atoms. The third-order valence-corrected chi connectivity index (χ3v) is 3.28. The Bertz CT molecular complexity index is 560. The average Bonchev–Trinajstić information content (AvgIpc) is 2.73. The zero-order chi connectivity index (χ0) is 13.7. The van der Waals surface area contributed by atoms with E-state index in [2.05, 4.69) is 11.9 Å². The minimum atomic E-state index is -0.821. The van der Waals surface area contributed by atoms with Crippen molar-refractivity contribution in [2.75, 3.05) is 0 Å². The number of para-hydroxylation sites is 2. The van der Waals surface area contributed by atoms with Gasteiger partial charge in [0, 0.05) is 6.42 Å². The lowest BCUT2D eigenvalue weighted by Gasteiger charge is -2.06. The number of carbonyl (C=O) groups is 1. The Balaban J connectivity index is 2.22. The maximum absolute atomic E-state index is 11.0. The van der Waals surface area contributed by atoms with Gasteiger partial charge in [0.15, 0.2) is 0 Å². The van der Waals surface area contributed by atoms with Crippen LogP contribution in [0.2, 0.25) is 0 Å². The van der Waals surface area contributed by atoms with Gasteiger partial charge in [-0.2, -0.15) is 0 Å². The SMILES string of the molecule is CCCCCCc1nc2ccccc2n1CC(=O)O. The molecule has 0 saturated heterocycles. The van der Waals surface area contributed by atoms with Gasteiger partial charge in [-0.25, -0.2) is 4.98 Å². The fourth-order valence-electron chi connectivity index (χ4n) is 2.34. The molecule has 1 N–H and O–H groups in total. The minimum absolute atomic E-state index is 0.0103. The van der Waals surface area contributed by atoms with Crippen molar-refractivity contribution in [3.05, 3.63) is 30.1 Å². The minimum Gasteiger partial charge on any atom is -0.480 e. The van der Waals surface area contributed by atoms with E-state index in [0.29, 0.717) is 0 Å². The summed E-state index contributed by atoms with van der Waals surface area (Å²) >= 11 is 0. The molecule has 0 aliphatic heterocycles. The number of hydrogen-bond donors (Lipinski definition) is 1. The molecule has 1 aromatic carbocycles. The Morgan fingerprint density at radius 2 is 2.05 bits per heavy atom. The van der Waals surface area contributed by atoms with Crippen LogP contribution in [-0.2, 0) is 17.8 Å². The average molecular weight is 260 g/mol. The maximum Gasteiger partial charge on any atom is 0.323 e. The number of aryl methyl sites for hydroxylation is 1. The van der Waals surface area contributed by atoms with E-state index < -0.39 is 5.97 Å². The first kappa shape index (κ1) is 13.6. The van der Waals surface area contributed by atoms with Gasteiger partial charge >= 0.3 is 5.97 Å². The van der Waals surface area contributed by atoms with E-state index in [9.17, 15) is 4.79 Å². The number of aliphatic carboxylic acids is 1. The van der Waals surface area contributed by atoms with Crippen LogP contribution in [0.5, 0.6) is 0 Å². The summed E-state index contributed by atoms with van der Waals surface area (Å²) in [5, 5.41) is 9.03. The molecule has 0 aliphatic rings. The molecule has 4 heteroatoms. The normalized spacial score (nSPS) is 11.0. The van der Waals surface area contributed by atoms with Crippen LogP contribution in [0.4, 0.5) is 0 Å². The summed E-state index contributed by atoms with van der Waals surface area (Å²) in [6.07, 6.45) is 5.51. The highest BCUT2D eigenvalue weighted by molar-refractivity contribution is 5.78. The van der Waals surface area contributed by atoms with E-state index in [1.807, 2.05) is 28.8 Å². The molecule has 2 aromatic rings. The Morgan fingerprint density at radius 3 is 2.79 bits per heavy atom. The molecule has 1 heterocycles. The molecule has 19 heavy (non-hydrogen) atoms. The molecule has 0 fully saturated rings. The van der Waals surface area contributed by atoms with Crippen molar-refractivity contribution in [1.29, 1.82) is 0 Å². The van der Waals surface area contributed by atoms with Gasteiger partial charge in [0.05, 0.1) is 11.0 Å². The Morgan fingerprint density at radius 1 is 1.26 bits per heavy atom. The third kappa shape index (κ3) is 3.34. The van der Waals surface area contributed by atoms with E-state index in [0.717, 1.165) is 29.7 Å². The first-order valence-corrected chi connectivity index (χ1v) is 6.88. The zero-order valence-corrected chi connectivity index (χ0v) is 11.3. The molecule has 0 spiro atoms. The van der Waals surface area contributed by atoms with Crippen LogP contribution in [-0.4, -0.2) is 20.6 Å². The lowest BCUT2D eigenvalue weighted by Crippen LogP contribution is -2.12. The van der Waals surface area contributed by atoms with Gasteiger partial charge in [0.2, 0.25) is 0 Å². The van der Waals surface area contributed by atoms with E-state index >= 15 is 0 Å². The van der Waals surface area contributed by atoms with E-state index in [4.69, 9.17) is 5.11 Å². The van der Waals surface area contributed by atoms with E-state index in [1.165, 1.54) is 19.3 Å². The highest BCUT2D eigenvalue weighted by Gasteiger charge is 2.12. The molecule has 0 atom stereocenters. The van der Waals surface area contributed by atoms with Gasteiger partial charge in [-0.05, 0) is 18.6 Å². The molecule has 0 aliphatic carbocycles. The summed E-state index contributed by atoms with van der Waals surface area (Å²) in [7, 11) is 0. The summed E-state index contributed by atoms with van der Waals surface area (Å²) in [6.45, 7) is 2.17. The molecule has 2 rings (SSSR count). The number of imidazole rings is 1. The van der Waals surface area contributed by atoms with Gasteiger partial charge in [0.25, 0.3) is 0 Å². The van der Waals surface area contributed by atoms with Crippen molar-refractivity contribution < 1.29 is 9.90 Å². The predicted molar refractivity (Wildman–Crippen MR) is 75.2 cm³/mol. The van der Waals surface area contributed by atoms with E-state index in [-0.39, 0.29) is 6.54 Å². The second-order valence-electron chi connectivity index (χ2n) is 4.81. The number of hydrogen-bond acceptors (Lipinski definition) is 2. The highest BCUT2D eigenvalue weighted by Crippen LogP contribution is 2.17. The third-order valence-electron chi connectivity index (χ3n) is 3.28. The second kappa shape index (κ2) is 6.36. The second-order valence-corrected chi connectivity index (χ2v) is 4.81. The molecule has 0 amide bonds. The Labute approximate surface area is 113 Å². The first-order chi connectivity index (χ1) is 9.22. The summed E-state index contributed by atoms with van der Waals surface area (Å²) in [5.41, 5.74) is 1.80. The van der Waals surface area contributed by atoms with Crippen LogP contribution in [0.15, 0.2) is 24.3 Å². The summed E-state index contributed by atoms with van der Waals surface area (Å²) in [4.78, 5) is 15.6. The predicted octanol–water partition coefficient (Wildman–Crippen LogP) is 3.24. The lowest BCUT2D eigenvalue weighted by molar-refractivity contribution is -0.137. The summed E-state index contributed by atoms with van der Waals surface area (Å²) in [5.74, 6) is 0.0673. The molecule has 0 unspecified atom stereocenters.